The molecule has 0 fully saturated rings. The zero-order valence-corrected chi connectivity index (χ0v) is 13.9. The van der Waals surface area contributed by atoms with E-state index in [0.717, 1.165) is 36.8 Å². The summed E-state index contributed by atoms with van der Waals surface area (Å²) in [5, 5.41) is 5.62. The summed E-state index contributed by atoms with van der Waals surface area (Å²) in [4.78, 5) is 0. The van der Waals surface area contributed by atoms with Gasteiger partial charge >= 0.3 is 0 Å². The van der Waals surface area contributed by atoms with Crippen molar-refractivity contribution in [2.75, 3.05) is 18.1 Å². The number of thioether (sulfide) groups is 1. The lowest BCUT2D eigenvalue weighted by Gasteiger charge is -2.04. The van der Waals surface area contributed by atoms with Crippen molar-refractivity contribution in [2.45, 2.75) is 33.4 Å². The predicted octanol–water partition coefficient (Wildman–Crippen LogP) is 4.55. The van der Waals surface area contributed by atoms with Crippen LogP contribution in [0, 0.1) is 0 Å². The van der Waals surface area contributed by atoms with Crippen molar-refractivity contribution in [1.29, 1.82) is 0 Å². The van der Waals surface area contributed by atoms with Gasteiger partial charge in [0.05, 0.1) is 0 Å². The maximum atomic E-state index is 6.15. The predicted molar refractivity (Wildman–Crippen MR) is 91.9 cm³/mol. The molecule has 4 heteroatoms. The van der Waals surface area contributed by atoms with E-state index in [2.05, 4.69) is 42.1 Å². The average molecular weight is 311 g/mol. The lowest BCUT2D eigenvalue weighted by Crippen LogP contribution is -2.13. The first-order chi connectivity index (χ1) is 9.76. The Labute approximate surface area is 130 Å². The van der Waals surface area contributed by atoms with Gasteiger partial charge in [0.15, 0.2) is 0 Å². The molecule has 1 aromatic heterocycles. The number of hydrogen-bond donors (Lipinski definition) is 1. The molecule has 1 aromatic carbocycles. The number of halogens is 1. The third-order valence-corrected chi connectivity index (χ3v) is 4.46. The van der Waals surface area contributed by atoms with Crippen LogP contribution in [0.2, 0.25) is 5.02 Å². The zero-order valence-electron chi connectivity index (χ0n) is 12.3. The van der Waals surface area contributed by atoms with Crippen molar-refractivity contribution < 1.29 is 0 Å². The molecule has 2 nitrogen and oxygen atoms in total. The SMILES string of the molecule is CCCNCc1cn(CCSCC)c2cc(Cl)ccc12. The monoisotopic (exact) mass is 310 g/mol. The van der Waals surface area contributed by atoms with E-state index in [0.29, 0.717) is 0 Å². The Morgan fingerprint density at radius 1 is 1.30 bits per heavy atom. The van der Waals surface area contributed by atoms with Crippen LogP contribution in [0.1, 0.15) is 25.8 Å². The molecule has 110 valence electrons. The minimum absolute atomic E-state index is 0.813. The van der Waals surface area contributed by atoms with Gasteiger partial charge < -0.3 is 9.88 Å². The summed E-state index contributed by atoms with van der Waals surface area (Å²) in [6.07, 6.45) is 3.44. The smallest absolute Gasteiger partial charge is 0.0498 e. The highest BCUT2D eigenvalue weighted by Crippen LogP contribution is 2.25. The summed E-state index contributed by atoms with van der Waals surface area (Å²) in [5.74, 6) is 2.32. The summed E-state index contributed by atoms with van der Waals surface area (Å²) in [6.45, 7) is 7.43. The van der Waals surface area contributed by atoms with Crippen LogP contribution in [0.25, 0.3) is 10.9 Å². The van der Waals surface area contributed by atoms with E-state index in [1.165, 1.54) is 22.2 Å². The van der Waals surface area contributed by atoms with Crippen LogP contribution in [0.3, 0.4) is 0 Å². The third kappa shape index (κ3) is 3.94. The molecular weight excluding hydrogens is 288 g/mol. The highest BCUT2D eigenvalue weighted by molar-refractivity contribution is 7.99. The fourth-order valence-electron chi connectivity index (χ4n) is 2.37. The molecule has 0 radical (unpaired) electrons. The maximum absolute atomic E-state index is 6.15. The van der Waals surface area contributed by atoms with E-state index in [4.69, 9.17) is 11.6 Å². The number of nitrogens with one attached hydrogen (secondary N) is 1. The van der Waals surface area contributed by atoms with Crippen LogP contribution in [-0.4, -0.2) is 22.6 Å². The third-order valence-electron chi connectivity index (χ3n) is 3.35. The van der Waals surface area contributed by atoms with Gasteiger partial charge in [-0.05, 0) is 36.4 Å². The second kappa shape index (κ2) is 7.96. The second-order valence-corrected chi connectivity index (χ2v) is 6.71. The Morgan fingerprint density at radius 3 is 2.90 bits per heavy atom. The Bertz CT molecular complexity index is 551. The molecule has 0 aliphatic rings. The fraction of sp³-hybridized carbons (Fsp3) is 0.500. The normalized spacial score (nSPS) is 11.3. The highest BCUT2D eigenvalue weighted by Gasteiger charge is 2.08. The molecule has 0 saturated carbocycles. The van der Waals surface area contributed by atoms with Crippen molar-refractivity contribution in [3.05, 3.63) is 35.0 Å². The number of rotatable bonds is 8. The van der Waals surface area contributed by atoms with Gasteiger partial charge in [-0.2, -0.15) is 11.8 Å². The van der Waals surface area contributed by atoms with Gasteiger partial charge in [-0.3, -0.25) is 0 Å². The molecule has 0 aliphatic carbocycles. The lowest BCUT2D eigenvalue weighted by molar-refractivity contribution is 0.674. The average Bonchev–Trinajstić information content (AvgIpc) is 2.77. The molecule has 0 bridgehead atoms. The van der Waals surface area contributed by atoms with E-state index >= 15 is 0 Å². The summed E-state index contributed by atoms with van der Waals surface area (Å²) in [7, 11) is 0. The number of fused-ring (bicyclic) bond motifs is 1. The summed E-state index contributed by atoms with van der Waals surface area (Å²) >= 11 is 8.13. The van der Waals surface area contributed by atoms with Gasteiger partial charge in [-0.1, -0.05) is 31.5 Å². The van der Waals surface area contributed by atoms with E-state index in [-0.39, 0.29) is 0 Å². The van der Waals surface area contributed by atoms with Gasteiger partial charge in [0.1, 0.15) is 0 Å². The maximum Gasteiger partial charge on any atom is 0.0498 e. The van der Waals surface area contributed by atoms with Crippen LogP contribution in [0.15, 0.2) is 24.4 Å². The van der Waals surface area contributed by atoms with E-state index < -0.39 is 0 Å². The number of aryl methyl sites for hydroxylation is 1. The van der Waals surface area contributed by atoms with Gasteiger partial charge in [0.2, 0.25) is 0 Å². The number of benzene rings is 1. The fourth-order valence-corrected chi connectivity index (χ4v) is 3.15. The molecule has 2 aromatic rings. The summed E-state index contributed by atoms with van der Waals surface area (Å²) in [5.41, 5.74) is 2.62. The van der Waals surface area contributed by atoms with Crippen molar-refractivity contribution in [1.82, 2.24) is 9.88 Å². The molecule has 2 rings (SSSR count). The molecule has 0 spiro atoms. The molecule has 0 saturated heterocycles. The van der Waals surface area contributed by atoms with E-state index in [9.17, 15) is 0 Å². The van der Waals surface area contributed by atoms with Gasteiger partial charge in [0.25, 0.3) is 0 Å². The Balaban J connectivity index is 2.23. The largest absolute Gasteiger partial charge is 0.346 e. The molecule has 1 N–H and O–H groups in total. The van der Waals surface area contributed by atoms with Crippen molar-refractivity contribution in [2.24, 2.45) is 0 Å². The molecular formula is C16H23ClN2S. The van der Waals surface area contributed by atoms with Crippen molar-refractivity contribution in [3.63, 3.8) is 0 Å². The van der Waals surface area contributed by atoms with Crippen LogP contribution in [0.4, 0.5) is 0 Å². The number of aromatic nitrogens is 1. The Morgan fingerprint density at radius 2 is 2.15 bits per heavy atom. The second-order valence-electron chi connectivity index (χ2n) is 4.88. The molecule has 1 heterocycles. The van der Waals surface area contributed by atoms with Gasteiger partial charge in [-0.15, -0.1) is 0 Å². The highest BCUT2D eigenvalue weighted by atomic mass is 35.5. The minimum atomic E-state index is 0.813. The van der Waals surface area contributed by atoms with E-state index in [1.807, 2.05) is 17.8 Å². The zero-order chi connectivity index (χ0) is 14.4. The number of nitrogens with zero attached hydrogens (tertiary/aromatic N) is 1. The van der Waals surface area contributed by atoms with Crippen LogP contribution < -0.4 is 5.32 Å². The minimum Gasteiger partial charge on any atom is -0.346 e. The van der Waals surface area contributed by atoms with Crippen molar-refractivity contribution >= 4 is 34.3 Å². The lowest BCUT2D eigenvalue weighted by atomic mass is 10.2. The molecule has 0 unspecified atom stereocenters. The van der Waals surface area contributed by atoms with Crippen LogP contribution >= 0.6 is 23.4 Å². The summed E-state index contributed by atoms with van der Waals surface area (Å²) < 4.78 is 2.34. The van der Waals surface area contributed by atoms with Gasteiger partial charge in [0, 0.05) is 41.0 Å². The first-order valence-corrected chi connectivity index (χ1v) is 8.85. The Kier molecular flexibility index (Phi) is 6.27. The number of hydrogen-bond acceptors (Lipinski definition) is 2. The first kappa shape index (κ1) is 15.7. The molecule has 0 atom stereocenters. The van der Waals surface area contributed by atoms with Gasteiger partial charge in [-0.25, -0.2) is 0 Å². The van der Waals surface area contributed by atoms with Crippen LogP contribution in [-0.2, 0) is 13.1 Å². The topological polar surface area (TPSA) is 17.0 Å². The molecule has 0 aliphatic heterocycles. The summed E-state index contributed by atoms with van der Waals surface area (Å²) in [6, 6.07) is 6.21. The van der Waals surface area contributed by atoms with Crippen LogP contribution in [0.5, 0.6) is 0 Å². The molecule has 0 amide bonds. The Hall–Kier alpha value is -0.640. The molecule has 20 heavy (non-hydrogen) atoms. The quantitative estimate of drug-likeness (QED) is 0.721. The first-order valence-electron chi connectivity index (χ1n) is 7.32. The van der Waals surface area contributed by atoms with Crippen molar-refractivity contribution in [3.8, 4) is 0 Å². The van der Waals surface area contributed by atoms with E-state index in [1.54, 1.807) is 0 Å². The standard InChI is InChI=1S/C16H23ClN2S/c1-3-7-18-11-13-12-19(8-9-20-4-2)16-10-14(17)5-6-15(13)16/h5-6,10,12,18H,3-4,7-9,11H2,1-2H3.